The van der Waals surface area contributed by atoms with Gasteiger partial charge in [0.25, 0.3) is 5.56 Å². The third kappa shape index (κ3) is 3.12. The molecule has 0 fully saturated rings. The van der Waals surface area contributed by atoms with Crippen LogP contribution in [0.2, 0.25) is 0 Å². The third-order valence-corrected chi connectivity index (χ3v) is 2.27. The molecule has 0 aliphatic carbocycles. The van der Waals surface area contributed by atoms with Gasteiger partial charge in [-0.05, 0) is 12.1 Å². The zero-order valence-electron chi connectivity index (χ0n) is 9.29. The molecule has 0 amide bonds. The molecule has 3 nitrogen and oxygen atoms in total. The number of hydrogen-bond donors (Lipinski definition) is 1. The largest absolute Gasteiger partial charge is 0.573 e. The van der Waals surface area contributed by atoms with Crippen LogP contribution >= 0.6 is 0 Å². The van der Waals surface area contributed by atoms with E-state index in [1.165, 1.54) is 18.2 Å². The van der Waals surface area contributed by atoms with Crippen LogP contribution in [0.3, 0.4) is 0 Å². The van der Waals surface area contributed by atoms with Gasteiger partial charge in [0.1, 0.15) is 11.6 Å². The Morgan fingerprint density at radius 2 is 1.79 bits per heavy atom. The SMILES string of the molecule is O=c1[nH]cc(F)cc1-c1ccccc1OC(F)(F)F. The topological polar surface area (TPSA) is 42.1 Å². The summed E-state index contributed by atoms with van der Waals surface area (Å²) < 4.78 is 53.6. The van der Waals surface area contributed by atoms with E-state index in [4.69, 9.17) is 0 Å². The maximum absolute atomic E-state index is 13.1. The molecule has 19 heavy (non-hydrogen) atoms. The molecule has 0 radical (unpaired) electrons. The number of H-pyrrole nitrogens is 1. The van der Waals surface area contributed by atoms with Crippen molar-refractivity contribution in [3.63, 3.8) is 0 Å². The molecule has 0 bridgehead atoms. The lowest BCUT2D eigenvalue weighted by molar-refractivity contribution is -0.274. The van der Waals surface area contributed by atoms with Gasteiger partial charge in [-0.3, -0.25) is 4.79 Å². The molecule has 0 aliphatic heterocycles. The van der Waals surface area contributed by atoms with Gasteiger partial charge in [-0.25, -0.2) is 4.39 Å². The van der Waals surface area contributed by atoms with Crippen LogP contribution in [-0.4, -0.2) is 11.3 Å². The van der Waals surface area contributed by atoms with Gasteiger partial charge in [-0.15, -0.1) is 13.2 Å². The highest BCUT2D eigenvalue weighted by molar-refractivity contribution is 5.69. The van der Waals surface area contributed by atoms with Gasteiger partial charge in [0, 0.05) is 11.8 Å². The number of pyridine rings is 1. The molecule has 0 unspecified atom stereocenters. The second-order valence-corrected chi connectivity index (χ2v) is 3.60. The highest BCUT2D eigenvalue weighted by atomic mass is 19.4. The average molecular weight is 273 g/mol. The van der Waals surface area contributed by atoms with Crippen molar-refractivity contribution in [3.05, 3.63) is 52.7 Å². The zero-order valence-corrected chi connectivity index (χ0v) is 9.29. The lowest BCUT2D eigenvalue weighted by Crippen LogP contribution is -2.18. The van der Waals surface area contributed by atoms with E-state index in [1.807, 2.05) is 0 Å². The van der Waals surface area contributed by atoms with Crippen LogP contribution in [0.1, 0.15) is 0 Å². The molecular formula is C12H7F4NO2. The standard InChI is InChI=1S/C12H7F4NO2/c13-7-5-9(11(18)17-6-7)8-3-1-2-4-10(8)19-12(14,15)16/h1-6H,(H,17,18). The smallest absolute Gasteiger partial charge is 0.405 e. The molecule has 0 atom stereocenters. The summed E-state index contributed by atoms with van der Waals surface area (Å²) >= 11 is 0. The van der Waals surface area contributed by atoms with Crippen molar-refractivity contribution < 1.29 is 22.3 Å². The number of alkyl halides is 3. The summed E-state index contributed by atoms with van der Waals surface area (Å²) in [6.45, 7) is 0. The predicted octanol–water partition coefficient (Wildman–Crippen LogP) is 3.08. The van der Waals surface area contributed by atoms with E-state index < -0.39 is 23.5 Å². The second kappa shape index (κ2) is 4.75. The average Bonchev–Trinajstić information content (AvgIpc) is 2.31. The van der Waals surface area contributed by atoms with E-state index in [1.54, 1.807) is 0 Å². The summed E-state index contributed by atoms with van der Waals surface area (Å²) in [4.78, 5) is 13.6. The van der Waals surface area contributed by atoms with E-state index >= 15 is 0 Å². The molecule has 1 heterocycles. The fraction of sp³-hybridized carbons (Fsp3) is 0.0833. The van der Waals surface area contributed by atoms with Gasteiger partial charge >= 0.3 is 6.36 Å². The summed E-state index contributed by atoms with van der Waals surface area (Å²) in [6, 6.07) is 5.87. The molecule has 2 rings (SSSR count). The minimum atomic E-state index is -4.89. The van der Waals surface area contributed by atoms with Crippen LogP contribution in [0, 0.1) is 5.82 Å². The Hall–Kier alpha value is -2.31. The maximum atomic E-state index is 13.1. The van der Waals surface area contributed by atoms with E-state index in [0.29, 0.717) is 0 Å². The van der Waals surface area contributed by atoms with Crippen molar-refractivity contribution >= 4 is 0 Å². The summed E-state index contributed by atoms with van der Waals surface area (Å²) in [7, 11) is 0. The number of aromatic amines is 1. The zero-order chi connectivity index (χ0) is 14.0. The summed E-state index contributed by atoms with van der Waals surface area (Å²) in [5.74, 6) is -1.33. The number of para-hydroxylation sites is 1. The second-order valence-electron chi connectivity index (χ2n) is 3.60. The summed E-state index contributed by atoms with van der Waals surface area (Å²) in [5.41, 5.74) is -1.08. The van der Waals surface area contributed by atoms with Gasteiger partial charge in [-0.2, -0.15) is 0 Å². The van der Waals surface area contributed by atoms with Crippen LogP contribution in [0.4, 0.5) is 17.6 Å². The minimum absolute atomic E-state index is 0.138. The number of rotatable bonds is 2. The quantitative estimate of drug-likeness (QED) is 0.854. The summed E-state index contributed by atoms with van der Waals surface area (Å²) in [6.07, 6.45) is -4.07. The number of halogens is 4. The fourth-order valence-corrected chi connectivity index (χ4v) is 1.56. The number of nitrogens with one attached hydrogen (secondary N) is 1. The monoisotopic (exact) mass is 273 g/mol. The molecule has 2 aromatic rings. The Labute approximate surface area is 104 Å². The van der Waals surface area contributed by atoms with Crippen LogP contribution in [0.15, 0.2) is 41.3 Å². The summed E-state index contributed by atoms with van der Waals surface area (Å²) in [5, 5.41) is 0. The van der Waals surface area contributed by atoms with Crippen LogP contribution in [0.25, 0.3) is 11.1 Å². The molecule has 1 aromatic heterocycles. The number of ether oxygens (including phenoxy) is 1. The molecular weight excluding hydrogens is 266 g/mol. The maximum Gasteiger partial charge on any atom is 0.573 e. The Morgan fingerprint density at radius 1 is 1.11 bits per heavy atom. The van der Waals surface area contributed by atoms with E-state index in [2.05, 4.69) is 9.72 Å². The van der Waals surface area contributed by atoms with Gasteiger partial charge in [0.15, 0.2) is 0 Å². The fourth-order valence-electron chi connectivity index (χ4n) is 1.56. The first-order valence-corrected chi connectivity index (χ1v) is 5.10. The van der Waals surface area contributed by atoms with Gasteiger partial charge in [0.2, 0.25) is 0 Å². The molecule has 0 saturated carbocycles. The Morgan fingerprint density at radius 3 is 2.47 bits per heavy atom. The molecule has 7 heteroatoms. The first-order valence-electron chi connectivity index (χ1n) is 5.10. The van der Waals surface area contributed by atoms with Gasteiger partial charge < -0.3 is 9.72 Å². The highest BCUT2D eigenvalue weighted by Crippen LogP contribution is 2.32. The molecule has 100 valence electrons. The van der Waals surface area contributed by atoms with Crippen molar-refractivity contribution in [2.24, 2.45) is 0 Å². The molecule has 0 saturated heterocycles. The normalized spacial score (nSPS) is 11.4. The number of aromatic nitrogens is 1. The number of hydrogen-bond acceptors (Lipinski definition) is 2. The van der Waals surface area contributed by atoms with E-state index in [-0.39, 0.29) is 11.1 Å². The molecule has 0 aliphatic rings. The molecule has 0 spiro atoms. The van der Waals surface area contributed by atoms with Gasteiger partial charge in [-0.1, -0.05) is 18.2 Å². The predicted molar refractivity (Wildman–Crippen MR) is 59.1 cm³/mol. The van der Waals surface area contributed by atoms with Crippen LogP contribution in [-0.2, 0) is 0 Å². The van der Waals surface area contributed by atoms with Crippen LogP contribution in [0.5, 0.6) is 5.75 Å². The Kier molecular flexibility index (Phi) is 3.28. The first-order chi connectivity index (χ1) is 8.87. The van der Waals surface area contributed by atoms with Crippen molar-refractivity contribution in [3.8, 4) is 16.9 Å². The van der Waals surface area contributed by atoms with Gasteiger partial charge in [0.05, 0.1) is 5.56 Å². The highest BCUT2D eigenvalue weighted by Gasteiger charge is 2.32. The van der Waals surface area contributed by atoms with Crippen molar-refractivity contribution in [1.82, 2.24) is 4.98 Å². The molecule has 1 N–H and O–H groups in total. The Bertz CT molecular complexity index is 649. The first kappa shape index (κ1) is 13.1. The van der Waals surface area contributed by atoms with E-state index in [0.717, 1.165) is 18.3 Å². The van der Waals surface area contributed by atoms with E-state index in [9.17, 15) is 22.4 Å². The Balaban J connectivity index is 2.56. The lowest BCUT2D eigenvalue weighted by Gasteiger charge is -2.12. The van der Waals surface area contributed by atoms with Crippen LogP contribution < -0.4 is 10.3 Å². The third-order valence-electron chi connectivity index (χ3n) is 2.27. The molecule has 1 aromatic carbocycles. The minimum Gasteiger partial charge on any atom is -0.405 e. The van der Waals surface area contributed by atoms with Crippen molar-refractivity contribution in [1.29, 1.82) is 0 Å². The van der Waals surface area contributed by atoms with Crippen molar-refractivity contribution in [2.75, 3.05) is 0 Å². The number of benzene rings is 1. The van der Waals surface area contributed by atoms with Crippen molar-refractivity contribution in [2.45, 2.75) is 6.36 Å². The lowest BCUT2D eigenvalue weighted by atomic mass is 10.1.